The highest BCUT2D eigenvalue weighted by molar-refractivity contribution is 6.30. The number of carbonyl (C=O) groups excluding carboxylic acids is 1. The molecule has 2 aromatic carbocycles. The molecule has 0 atom stereocenters. The Morgan fingerprint density at radius 2 is 1.77 bits per heavy atom. The maximum absolute atomic E-state index is 12.5. The summed E-state index contributed by atoms with van der Waals surface area (Å²) >= 11 is 5.95. The summed E-state index contributed by atoms with van der Waals surface area (Å²) < 4.78 is 0. The molecule has 0 radical (unpaired) electrons. The van der Waals surface area contributed by atoms with Gasteiger partial charge < -0.3 is 0 Å². The van der Waals surface area contributed by atoms with Gasteiger partial charge in [0.05, 0.1) is 6.21 Å². The van der Waals surface area contributed by atoms with Crippen LogP contribution in [0.4, 0.5) is 0 Å². The molecular weight excluding hydrogens is 406 g/mol. The lowest BCUT2D eigenvalue weighted by molar-refractivity contribution is -0.126. The summed E-state index contributed by atoms with van der Waals surface area (Å²) in [6.45, 7) is 9.09. The Balaban J connectivity index is 1.43. The molecule has 1 heterocycles. The molecule has 0 saturated carbocycles. The summed E-state index contributed by atoms with van der Waals surface area (Å²) in [7, 11) is 0. The normalized spacial score (nSPS) is 16.2. The number of hydrogen-bond donors (Lipinski definition) is 1. The molecule has 164 valence electrons. The Morgan fingerprint density at radius 3 is 2.39 bits per heavy atom. The molecule has 0 bridgehead atoms. The van der Waals surface area contributed by atoms with Gasteiger partial charge in [0.1, 0.15) is 0 Å². The van der Waals surface area contributed by atoms with Gasteiger partial charge in [-0.05, 0) is 73.2 Å². The van der Waals surface area contributed by atoms with E-state index in [0.717, 1.165) is 48.6 Å². The molecule has 31 heavy (non-hydrogen) atoms. The third-order valence-corrected chi connectivity index (χ3v) is 5.97. The SMILES string of the molecule is CC(=C/c1ccc(C(C)C)cc1)/C=N/NC(=O)C1CCN(Cc2ccc(Cl)cc2)CC1. The van der Waals surface area contributed by atoms with Gasteiger partial charge in [0.25, 0.3) is 0 Å². The first kappa shape index (κ1) is 23.2. The zero-order chi connectivity index (χ0) is 22.2. The lowest BCUT2D eigenvalue weighted by Crippen LogP contribution is -2.39. The van der Waals surface area contributed by atoms with Gasteiger partial charge in [-0.15, -0.1) is 0 Å². The van der Waals surface area contributed by atoms with E-state index in [1.165, 1.54) is 11.1 Å². The Hall–Kier alpha value is -2.43. The summed E-state index contributed by atoms with van der Waals surface area (Å²) in [5.74, 6) is 0.558. The van der Waals surface area contributed by atoms with Crippen molar-refractivity contribution >= 4 is 29.8 Å². The van der Waals surface area contributed by atoms with E-state index in [4.69, 9.17) is 11.6 Å². The number of allylic oxidation sites excluding steroid dienone is 1. The Kier molecular flexibility index (Phi) is 8.44. The quantitative estimate of drug-likeness (QED) is 0.434. The van der Waals surface area contributed by atoms with Crippen molar-refractivity contribution in [2.75, 3.05) is 13.1 Å². The van der Waals surface area contributed by atoms with Gasteiger partial charge in [0, 0.05) is 17.5 Å². The molecule has 2 aromatic rings. The second kappa shape index (κ2) is 11.3. The third-order valence-electron chi connectivity index (χ3n) is 5.72. The van der Waals surface area contributed by atoms with Crippen molar-refractivity contribution in [2.24, 2.45) is 11.0 Å². The number of likely N-dealkylation sites (tertiary alicyclic amines) is 1. The van der Waals surface area contributed by atoms with E-state index >= 15 is 0 Å². The van der Waals surface area contributed by atoms with E-state index in [1.54, 1.807) is 6.21 Å². The zero-order valence-corrected chi connectivity index (χ0v) is 19.4. The molecule has 1 amide bonds. The molecule has 4 nitrogen and oxygen atoms in total. The monoisotopic (exact) mass is 437 g/mol. The van der Waals surface area contributed by atoms with Crippen LogP contribution in [0.3, 0.4) is 0 Å². The molecular formula is C26H32ClN3O. The lowest BCUT2D eigenvalue weighted by Gasteiger charge is -2.30. The van der Waals surface area contributed by atoms with Crippen LogP contribution >= 0.6 is 11.6 Å². The Morgan fingerprint density at radius 1 is 1.13 bits per heavy atom. The first-order valence-corrected chi connectivity index (χ1v) is 11.4. The summed E-state index contributed by atoms with van der Waals surface area (Å²) in [4.78, 5) is 14.8. The summed E-state index contributed by atoms with van der Waals surface area (Å²) in [6.07, 6.45) is 5.48. The average Bonchev–Trinajstić information content (AvgIpc) is 2.76. The Bertz CT molecular complexity index is 909. The molecule has 1 N–H and O–H groups in total. The molecule has 0 aromatic heterocycles. The van der Waals surface area contributed by atoms with Gasteiger partial charge in [-0.3, -0.25) is 9.69 Å². The van der Waals surface area contributed by atoms with Crippen LogP contribution in [0.15, 0.2) is 59.2 Å². The second-order valence-corrected chi connectivity index (χ2v) is 9.06. The highest BCUT2D eigenvalue weighted by Gasteiger charge is 2.24. The van der Waals surface area contributed by atoms with Crippen molar-refractivity contribution in [3.8, 4) is 0 Å². The number of amides is 1. The standard InChI is InChI=1S/C26H32ClN3O/c1-19(2)23-8-4-21(5-9-23)16-20(3)17-28-29-26(31)24-12-14-30(15-13-24)18-22-6-10-25(27)11-7-22/h4-11,16-17,19,24H,12-15,18H2,1-3H3,(H,29,31)/b20-16-,28-17+. The van der Waals surface area contributed by atoms with Crippen LogP contribution in [0.25, 0.3) is 6.08 Å². The summed E-state index contributed by atoms with van der Waals surface area (Å²) in [5, 5.41) is 4.92. The summed E-state index contributed by atoms with van der Waals surface area (Å²) in [6, 6.07) is 16.5. The number of benzene rings is 2. The van der Waals surface area contributed by atoms with Crippen LogP contribution in [0.5, 0.6) is 0 Å². The van der Waals surface area contributed by atoms with Crippen LogP contribution in [0, 0.1) is 5.92 Å². The minimum Gasteiger partial charge on any atom is -0.299 e. The second-order valence-electron chi connectivity index (χ2n) is 8.62. The molecule has 0 aliphatic carbocycles. The van der Waals surface area contributed by atoms with E-state index < -0.39 is 0 Å². The predicted octanol–water partition coefficient (Wildman–Crippen LogP) is 5.88. The van der Waals surface area contributed by atoms with Crippen LogP contribution in [-0.4, -0.2) is 30.1 Å². The number of piperidine rings is 1. The topological polar surface area (TPSA) is 44.7 Å². The van der Waals surface area contributed by atoms with Crippen LogP contribution in [0.2, 0.25) is 5.02 Å². The number of halogens is 1. The first-order chi connectivity index (χ1) is 14.9. The molecule has 3 rings (SSSR count). The highest BCUT2D eigenvalue weighted by atomic mass is 35.5. The van der Waals surface area contributed by atoms with Gasteiger partial charge in [0.2, 0.25) is 5.91 Å². The van der Waals surface area contributed by atoms with Gasteiger partial charge in [0.15, 0.2) is 0 Å². The molecule has 0 spiro atoms. The Labute approximate surface area is 191 Å². The van der Waals surface area contributed by atoms with Crippen molar-refractivity contribution in [3.05, 3.63) is 75.8 Å². The molecule has 1 fully saturated rings. The minimum absolute atomic E-state index is 0.0106. The van der Waals surface area contributed by atoms with E-state index in [2.05, 4.69) is 71.7 Å². The average molecular weight is 438 g/mol. The maximum atomic E-state index is 12.5. The lowest BCUT2D eigenvalue weighted by atomic mass is 9.96. The highest BCUT2D eigenvalue weighted by Crippen LogP contribution is 2.20. The summed E-state index contributed by atoms with van der Waals surface area (Å²) in [5.41, 5.74) is 7.43. The first-order valence-electron chi connectivity index (χ1n) is 11.0. The van der Waals surface area contributed by atoms with Gasteiger partial charge in [-0.2, -0.15) is 5.10 Å². The zero-order valence-electron chi connectivity index (χ0n) is 18.6. The van der Waals surface area contributed by atoms with Gasteiger partial charge >= 0.3 is 0 Å². The van der Waals surface area contributed by atoms with Gasteiger partial charge in [-0.25, -0.2) is 5.43 Å². The van der Waals surface area contributed by atoms with E-state index in [1.807, 2.05) is 19.1 Å². The fourth-order valence-corrected chi connectivity index (χ4v) is 3.89. The number of hydrazone groups is 1. The fourth-order valence-electron chi connectivity index (χ4n) is 3.77. The number of hydrogen-bond acceptors (Lipinski definition) is 3. The van der Waals surface area contributed by atoms with E-state index in [-0.39, 0.29) is 11.8 Å². The number of rotatable bonds is 7. The van der Waals surface area contributed by atoms with Crippen molar-refractivity contribution in [2.45, 2.75) is 46.1 Å². The third kappa shape index (κ3) is 7.34. The van der Waals surface area contributed by atoms with Crippen molar-refractivity contribution < 1.29 is 4.79 Å². The van der Waals surface area contributed by atoms with Gasteiger partial charge in [-0.1, -0.05) is 67.9 Å². The van der Waals surface area contributed by atoms with Crippen LogP contribution < -0.4 is 5.43 Å². The van der Waals surface area contributed by atoms with Crippen molar-refractivity contribution in [1.82, 2.24) is 10.3 Å². The maximum Gasteiger partial charge on any atom is 0.243 e. The van der Waals surface area contributed by atoms with E-state index in [9.17, 15) is 4.79 Å². The molecule has 1 saturated heterocycles. The smallest absolute Gasteiger partial charge is 0.243 e. The molecule has 5 heteroatoms. The van der Waals surface area contributed by atoms with Crippen LogP contribution in [-0.2, 0) is 11.3 Å². The van der Waals surface area contributed by atoms with Crippen molar-refractivity contribution in [1.29, 1.82) is 0 Å². The number of nitrogens with zero attached hydrogens (tertiary/aromatic N) is 2. The number of carbonyl (C=O) groups is 1. The molecule has 1 aliphatic rings. The van der Waals surface area contributed by atoms with Crippen LogP contribution in [0.1, 0.15) is 56.2 Å². The number of nitrogens with one attached hydrogen (secondary N) is 1. The minimum atomic E-state index is 0.0106. The molecule has 1 aliphatic heterocycles. The largest absolute Gasteiger partial charge is 0.299 e. The van der Waals surface area contributed by atoms with Crippen molar-refractivity contribution in [3.63, 3.8) is 0 Å². The fraction of sp³-hybridized carbons (Fsp3) is 0.385. The molecule has 0 unspecified atom stereocenters. The predicted molar refractivity (Wildman–Crippen MR) is 130 cm³/mol. The van der Waals surface area contributed by atoms with E-state index in [0.29, 0.717) is 5.92 Å².